The number of rotatable bonds is 3. The summed E-state index contributed by atoms with van der Waals surface area (Å²) in [7, 11) is 0. The van der Waals surface area contributed by atoms with Crippen LogP contribution in [0.15, 0.2) is 62.2 Å². The highest BCUT2D eigenvalue weighted by atomic mass is 79.9. The fraction of sp³-hybridized carbons (Fsp3) is 0.111. The highest BCUT2D eigenvalue weighted by Crippen LogP contribution is 2.20. The molecule has 0 aliphatic carbocycles. The zero-order chi connectivity index (χ0) is 16.4. The van der Waals surface area contributed by atoms with Crippen LogP contribution in [0.25, 0.3) is 11.0 Å². The Hall–Kier alpha value is -2.44. The Morgan fingerprint density at radius 2 is 1.96 bits per heavy atom. The lowest BCUT2D eigenvalue weighted by Crippen LogP contribution is -2.18. The van der Waals surface area contributed by atoms with E-state index < -0.39 is 11.6 Å². The third-order valence-electron chi connectivity index (χ3n) is 3.26. The van der Waals surface area contributed by atoms with Crippen molar-refractivity contribution in [3.05, 3.63) is 74.6 Å². The SMILES string of the molecule is C.NCc1ccc2oc(=O)c(C(=O)Oc3cccc(Br)c3)cc2c1. The van der Waals surface area contributed by atoms with Crippen molar-refractivity contribution < 1.29 is 13.9 Å². The Balaban J connectivity index is 0.00000208. The largest absolute Gasteiger partial charge is 0.423 e. The van der Waals surface area contributed by atoms with E-state index in [1.165, 1.54) is 6.07 Å². The Bertz CT molecular complexity index is 949. The number of nitrogens with two attached hydrogens (primary N) is 1. The van der Waals surface area contributed by atoms with Crippen LogP contribution in [0.1, 0.15) is 23.3 Å². The van der Waals surface area contributed by atoms with Crippen molar-refractivity contribution in [1.29, 1.82) is 0 Å². The maximum Gasteiger partial charge on any atom is 0.351 e. The van der Waals surface area contributed by atoms with E-state index >= 15 is 0 Å². The van der Waals surface area contributed by atoms with Crippen LogP contribution in [-0.2, 0) is 6.54 Å². The second-order valence-corrected chi connectivity index (χ2v) is 5.79. The summed E-state index contributed by atoms with van der Waals surface area (Å²) in [6.07, 6.45) is 0. The van der Waals surface area contributed by atoms with E-state index in [1.54, 1.807) is 42.5 Å². The molecule has 0 saturated carbocycles. The molecule has 0 unspecified atom stereocenters. The van der Waals surface area contributed by atoms with Crippen LogP contribution < -0.4 is 16.1 Å². The van der Waals surface area contributed by atoms with Gasteiger partial charge < -0.3 is 14.9 Å². The zero-order valence-electron chi connectivity index (χ0n) is 11.9. The van der Waals surface area contributed by atoms with Gasteiger partial charge in [0.2, 0.25) is 0 Å². The summed E-state index contributed by atoms with van der Waals surface area (Å²) in [5.74, 6) is -0.434. The molecule has 124 valence electrons. The Morgan fingerprint density at radius 1 is 1.17 bits per heavy atom. The molecule has 0 saturated heterocycles. The smallest absolute Gasteiger partial charge is 0.351 e. The molecule has 0 amide bonds. The van der Waals surface area contributed by atoms with Gasteiger partial charge in [-0.2, -0.15) is 0 Å². The molecule has 0 spiro atoms. The van der Waals surface area contributed by atoms with Gasteiger partial charge in [0.05, 0.1) is 0 Å². The first kappa shape index (κ1) is 17.9. The van der Waals surface area contributed by atoms with Gasteiger partial charge in [-0.05, 0) is 42.0 Å². The number of halogens is 1. The van der Waals surface area contributed by atoms with Gasteiger partial charge in [0.25, 0.3) is 0 Å². The van der Waals surface area contributed by atoms with Crippen molar-refractivity contribution in [2.24, 2.45) is 5.73 Å². The van der Waals surface area contributed by atoms with Crippen LogP contribution in [0.5, 0.6) is 5.75 Å². The molecule has 2 N–H and O–H groups in total. The van der Waals surface area contributed by atoms with Gasteiger partial charge in [-0.1, -0.05) is 35.5 Å². The average Bonchev–Trinajstić information content (AvgIpc) is 2.53. The van der Waals surface area contributed by atoms with Crippen LogP contribution in [0.4, 0.5) is 0 Å². The van der Waals surface area contributed by atoms with Gasteiger partial charge in [0, 0.05) is 16.4 Å². The molecule has 0 aliphatic heterocycles. The average molecular weight is 390 g/mol. The highest BCUT2D eigenvalue weighted by Gasteiger charge is 2.16. The lowest BCUT2D eigenvalue weighted by Gasteiger charge is -2.05. The van der Waals surface area contributed by atoms with E-state index in [0.29, 0.717) is 23.3 Å². The minimum Gasteiger partial charge on any atom is -0.423 e. The number of carbonyl (C=O) groups excluding carboxylic acids is 1. The van der Waals surface area contributed by atoms with Gasteiger partial charge in [0.1, 0.15) is 16.9 Å². The monoisotopic (exact) mass is 389 g/mol. The fourth-order valence-electron chi connectivity index (χ4n) is 2.13. The molecule has 24 heavy (non-hydrogen) atoms. The summed E-state index contributed by atoms with van der Waals surface area (Å²) in [5.41, 5.74) is 5.97. The minimum absolute atomic E-state index is 0. The highest BCUT2D eigenvalue weighted by molar-refractivity contribution is 9.10. The minimum atomic E-state index is -0.767. The van der Waals surface area contributed by atoms with E-state index in [1.807, 2.05) is 0 Å². The van der Waals surface area contributed by atoms with Crippen molar-refractivity contribution in [3.8, 4) is 5.75 Å². The predicted molar refractivity (Wildman–Crippen MR) is 96.2 cm³/mol. The second kappa shape index (κ2) is 7.42. The van der Waals surface area contributed by atoms with Crippen LogP contribution in [0.3, 0.4) is 0 Å². The van der Waals surface area contributed by atoms with Gasteiger partial charge >= 0.3 is 11.6 Å². The summed E-state index contributed by atoms with van der Waals surface area (Å²) >= 11 is 3.29. The Labute approximate surface area is 147 Å². The van der Waals surface area contributed by atoms with Crippen LogP contribution in [0, 0.1) is 0 Å². The summed E-state index contributed by atoms with van der Waals surface area (Å²) in [5, 5.41) is 0.619. The van der Waals surface area contributed by atoms with Gasteiger partial charge in [-0.15, -0.1) is 0 Å². The molecule has 0 bridgehead atoms. The maximum atomic E-state index is 12.2. The zero-order valence-corrected chi connectivity index (χ0v) is 13.5. The Morgan fingerprint density at radius 3 is 2.67 bits per heavy atom. The number of hydrogen-bond acceptors (Lipinski definition) is 5. The van der Waals surface area contributed by atoms with E-state index in [9.17, 15) is 9.59 Å². The van der Waals surface area contributed by atoms with Crippen molar-refractivity contribution in [3.63, 3.8) is 0 Å². The van der Waals surface area contributed by atoms with E-state index in [-0.39, 0.29) is 13.0 Å². The molecule has 1 heterocycles. The molecule has 0 atom stereocenters. The topological polar surface area (TPSA) is 82.5 Å². The molecule has 1 aromatic heterocycles. The lowest BCUT2D eigenvalue weighted by molar-refractivity contribution is 0.0730. The number of benzene rings is 2. The molecule has 0 aliphatic rings. The predicted octanol–water partition coefficient (Wildman–Crippen LogP) is 3.87. The van der Waals surface area contributed by atoms with Crippen LogP contribution >= 0.6 is 15.9 Å². The third kappa shape index (κ3) is 3.72. The lowest BCUT2D eigenvalue weighted by atomic mass is 10.1. The van der Waals surface area contributed by atoms with Crippen molar-refractivity contribution >= 4 is 32.9 Å². The first-order valence-corrected chi connectivity index (χ1v) is 7.61. The van der Waals surface area contributed by atoms with E-state index in [4.69, 9.17) is 14.9 Å². The molecule has 3 aromatic rings. The number of esters is 1. The third-order valence-corrected chi connectivity index (χ3v) is 3.75. The van der Waals surface area contributed by atoms with Crippen molar-refractivity contribution in [2.75, 3.05) is 0 Å². The summed E-state index contributed by atoms with van der Waals surface area (Å²) < 4.78 is 11.1. The number of fused-ring (bicyclic) bond motifs is 1. The number of ether oxygens (including phenoxy) is 1. The Kier molecular flexibility index (Phi) is 5.54. The first-order valence-electron chi connectivity index (χ1n) is 6.81. The second-order valence-electron chi connectivity index (χ2n) is 4.87. The standard InChI is InChI=1S/C17H12BrNO4.CH4/c18-12-2-1-3-13(8-12)22-16(20)14-7-11-6-10(9-19)4-5-15(11)23-17(14)21;/h1-8H,9,19H2;1H4. The fourth-order valence-corrected chi connectivity index (χ4v) is 2.51. The molecule has 5 nitrogen and oxygen atoms in total. The molecular weight excluding hydrogens is 374 g/mol. The maximum absolute atomic E-state index is 12.2. The van der Waals surface area contributed by atoms with E-state index in [2.05, 4.69) is 15.9 Å². The molecule has 2 aromatic carbocycles. The van der Waals surface area contributed by atoms with E-state index in [0.717, 1.165) is 10.0 Å². The molecule has 0 radical (unpaired) electrons. The first-order chi connectivity index (χ1) is 11.1. The van der Waals surface area contributed by atoms with Crippen molar-refractivity contribution in [2.45, 2.75) is 14.0 Å². The summed E-state index contributed by atoms with van der Waals surface area (Å²) in [4.78, 5) is 24.2. The van der Waals surface area contributed by atoms with Gasteiger partial charge in [0.15, 0.2) is 0 Å². The molecule has 6 heteroatoms. The number of carbonyl (C=O) groups is 1. The normalized spacial score (nSPS) is 10.2. The van der Waals surface area contributed by atoms with Crippen LogP contribution in [-0.4, -0.2) is 5.97 Å². The van der Waals surface area contributed by atoms with Crippen LogP contribution in [0.2, 0.25) is 0 Å². The summed E-state index contributed by atoms with van der Waals surface area (Å²) in [6.45, 7) is 0.354. The molecular formula is C18H16BrNO4. The molecule has 3 rings (SSSR count). The van der Waals surface area contributed by atoms with Gasteiger partial charge in [-0.3, -0.25) is 0 Å². The quantitative estimate of drug-likeness (QED) is 0.417. The van der Waals surface area contributed by atoms with Crippen molar-refractivity contribution in [1.82, 2.24) is 0 Å². The summed E-state index contributed by atoms with van der Waals surface area (Å²) in [6, 6.07) is 13.4. The molecule has 0 fully saturated rings. The number of hydrogen-bond donors (Lipinski definition) is 1. The van der Waals surface area contributed by atoms with Gasteiger partial charge in [-0.25, -0.2) is 9.59 Å².